The van der Waals surface area contributed by atoms with Gasteiger partial charge in [-0.05, 0) is 30.2 Å². The molecule has 0 heterocycles. The fourth-order valence-corrected chi connectivity index (χ4v) is 2.58. The average molecular weight is 313 g/mol. The molecule has 2 aromatic carbocycles. The lowest BCUT2D eigenvalue weighted by Gasteiger charge is -2.22. The summed E-state index contributed by atoms with van der Waals surface area (Å²) in [6.07, 6.45) is 0.0774. The molecule has 1 unspecified atom stereocenters. The SMILES string of the molecule is CC(O)(CCF)c1ccc(-c2ccc(Cl)cc2Cl)cc1. The maximum Gasteiger partial charge on any atom is 0.0925 e. The Balaban J connectivity index is 2.33. The minimum absolute atomic E-state index is 0.0774. The van der Waals surface area contributed by atoms with Gasteiger partial charge in [0.2, 0.25) is 0 Å². The van der Waals surface area contributed by atoms with Crippen molar-refractivity contribution in [2.45, 2.75) is 18.9 Å². The molecule has 0 saturated carbocycles. The second-order valence-corrected chi connectivity index (χ2v) is 5.76. The van der Waals surface area contributed by atoms with Gasteiger partial charge in [0, 0.05) is 22.0 Å². The van der Waals surface area contributed by atoms with Crippen LogP contribution >= 0.6 is 23.2 Å². The van der Waals surface area contributed by atoms with Crippen molar-refractivity contribution in [2.24, 2.45) is 0 Å². The zero-order valence-corrected chi connectivity index (χ0v) is 12.5. The Kier molecular flexibility index (Phi) is 4.69. The quantitative estimate of drug-likeness (QED) is 0.819. The summed E-state index contributed by atoms with van der Waals surface area (Å²) in [7, 11) is 0. The van der Waals surface area contributed by atoms with Crippen LogP contribution in [0.4, 0.5) is 4.39 Å². The van der Waals surface area contributed by atoms with Crippen LogP contribution in [0.5, 0.6) is 0 Å². The topological polar surface area (TPSA) is 20.2 Å². The van der Waals surface area contributed by atoms with Crippen molar-refractivity contribution in [1.82, 2.24) is 0 Å². The molecular weight excluding hydrogens is 298 g/mol. The molecule has 20 heavy (non-hydrogen) atoms. The van der Waals surface area contributed by atoms with Gasteiger partial charge in [-0.25, -0.2) is 0 Å². The van der Waals surface area contributed by atoms with Gasteiger partial charge in [0.05, 0.1) is 12.3 Å². The Morgan fingerprint density at radius 3 is 2.30 bits per heavy atom. The van der Waals surface area contributed by atoms with Gasteiger partial charge in [-0.2, -0.15) is 0 Å². The van der Waals surface area contributed by atoms with E-state index in [-0.39, 0.29) is 6.42 Å². The van der Waals surface area contributed by atoms with Gasteiger partial charge >= 0.3 is 0 Å². The zero-order chi connectivity index (χ0) is 14.8. The lowest BCUT2D eigenvalue weighted by Crippen LogP contribution is -2.21. The predicted octanol–water partition coefficient (Wildman–Crippen LogP) is 5.23. The van der Waals surface area contributed by atoms with Gasteiger partial charge in [-0.1, -0.05) is 53.5 Å². The molecule has 1 nitrogen and oxygen atoms in total. The smallest absolute Gasteiger partial charge is 0.0925 e. The fourth-order valence-electron chi connectivity index (χ4n) is 2.06. The maximum absolute atomic E-state index is 12.4. The van der Waals surface area contributed by atoms with Crippen molar-refractivity contribution in [3.63, 3.8) is 0 Å². The Hall–Kier alpha value is -1.09. The van der Waals surface area contributed by atoms with Crippen LogP contribution in [-0.4, -0.2) is 11.8 Å². The second-order valence-electron chi connectivity index (χ2n) is 4.91. The first-order valence-electron chi connectivity index (χ1n) is 6.28. The third kappa shape index (κ3) is 3.32. The molecule has 0 amide bonds. The van der Waals surface area contributed by atoms with E-state index in [1.807, 2.05) is 18.2 Å². The van der Waals surface area contributed by atoms with E-state index in [4.69, 9.17) is 23.2 Å². The van der Waals surface area contributed by atoms with E-state index in [2.05, 4.69) is 0 Å². The molecule has 0 bridgehead atoms. The first-order valence-corrected chi connectivity index (χ1v) is 7.04. The molecule has 106 valence electrons. The Bertz CT molecular complexity index is 594. The van der Waals surface area contributed by atoms with E-state index in [0.717, 1.165) is 11.1 Å². The molecule has 2 rings (SSSR count). The zero-order valence-electron chi connectivity index (χ0n) is 11.0. The molecular formula is C16H15Cl2FO. The van der Waals surface area contributed by atoms with Gasteiger partial charge in [-0.3, -0.25) is 4.39 Å². The summed E-state index contributed by atoms with van der Waals surface area (Å²) >= 11 is 12.0. The molecule has 0 aliphatic rings. The summed E-state index contributed by atoms with van der Waals surface area (Å²) in [6, 6.07) is 12.6. The lowest BCUT2D eigenvalue weighted by atomic mass is 9.91. The molecule has 0 aliphatic heterocycles. The lowest BCUT2D eigenvalue weighted by molar-refractivity contribution is 0.0408. The number of hydrogen-bond acceptors (Lipinski definition) is 1. The maximum atomic E-state index is 12.4. The second kappa shape index (κ2) is 6.13. The highest BCUT2D eigenvalue weighted by Gasteiger charge is 2.22. The van der Waals surface area contributed by atoms with Crippen LogP contribution < -0.4 is 0 Å². The predicted molar refractivity (Wildman–Crippen MR) is 82.1 cm³/mol. The standard InChI is InChI=1S/C16H15Cl2FO/c1-16(20,8-9-19)12-4-2-11(3-5-12)14-7-6-13(17)10-15(14)18/h2-7,10,20H,8-9H2,1H3. The number of aliphatic hydroxyl groups is 1. The van der Waals surface area contributed by atoms with Crippen molar-refractivity contribution in [3.8, 4) is 11.1 Å². The van der Waals surface area contributed by atoms with Gasteiger partial charge in [0.15, 0.2) is 0 Å². The Labute approximate surface area is 128 Å². The van der Waals surface area contributed by atoms with E-state index in [1.165, 1.54) is 0 Å². The first kappa shape index (κ1) is 15.3. The fraction of sp³-hybridized carbons (Fsp3) is 0.250. The Morgan fingerprint density at radius 1 is 1.10 bits per heavy atom. The number of alkyl halides is 1. The molecule has 0 spiro atoms. The summed E-state index contributed by atoms with van der Waals surface area (Å²) in [5.41, 5.74) is 1.32. The number of halogens is 3. The van der Waals surface area contributed by atoms with Crippen LogP contribution in [0.3, 0.4) is 0 Å². The van der Waals surface area contributed by atoms with Crippen LogP contribution in [0.15, 0.2) is 42.5 Å². The highest BCUT2D eigenvalue weighted by atomic mass is 35.5. The average Bonchev–Trinajstić information content (AvgIpc) is 2.39. The van der Waals surface area contributed by atoms with Gasteiger partial charge in [0.1, 0.15) is 0 Å². The molecule has 0 fully saturated rings. The third-order valence-electron chi connectivity index (χ3n) is 3.33. The van der Waals surface area contributed by atoms with Gasteiger partial charge in [0.25, 0.3) is 0 Å². The molecule has 1 N–H and O–H groups in total. The van der Waals surface area contributed by atoms with Crippen molar-refractivity contribution in [3.05, 3.63) is 58.1 Å². The van der Waals surface area contributed by atoms with Gasteiger partial charge < -0.3 is 5.11 Å². The minimum Gasteiger partial charge on any atom is -0.385 e. The molecule has 2 aromatic rings. The number of benzene rings is 2. The largest absolute Gasteiger partial charge is 0.385 e. The molecule has 4 heteroatoms. The molecule has 0 saturated heterocycles. The highest BCUT2D eigenvalue weighted by molar-refractivity contribution is 6.36. The summed E-state index contributed by atoms with van der Waals surface area (Å²) < 4.78 is 12.4. The van der Waals surface area contributed by atoms with E-state index < -0.39 is 12.3 Å². The number of rotatable bonds is 4. The first-order chi connectivity index (χ1) is 9.44. The van der Waals surface area contributed by atoms with Crippen LogP contribution in [0, 0.1) is 0 Å². The Morgan fingerprint density at radius 2 is 1.75 bits per heavy atom. The minimum atomic E-state index is -1.16. The van der Waals surface area contributed by atoms with Crippen LogP contribution in [-0.2, 0) is 5.60 Å². The van der Waals surface area contributed by atoms with Crippen molar-refractivity contribution < 1.29 is 9.50 Å². The summed E-state index contributed by atoms with van der Waals surface area (Å²) in [4.78, 5) is 0. The summed E-state index contributed by atoms with van der Waals surface area (Å²) in [6.45, 7) is 1.05. The van der Waals surface area contributed by atoms with Crippen molar-refractivity contribution >= 4 is 23.2 Å². The molecule has 0 aromatic heterocycles. The summed E-state index contributed by atoms with van der Waals surface area (Å²) in [5, 5.41) is 11.3. The number of hydrogen-bond donors (Lipinski definition) is 1. The van der Waals surface area contributed by atoms with E-state index in [1.54, 1.807) is 31.2 Å². The summed E-state index contributed by atoms with van der Waals surface area (Å²) in [5.74, 6) is 0. The van der Waals surface area contributed by atoms with E-state index in [9.17, 15) is 9.50 Å². The van der Waals surface area contributed by atoms with Crippen LogP contribution in [0.2, 0.25) is 10.0 Å². The van der Waals surface area contributed by atoms with E-state index in [0.29, 0.717) is 15.6 Å². The monoisotopic (exact) mass is 312 g/mol. The van der Waals surface area contributed by atoms with Crippen LogP contribution in [0.25, 0.3) is 11.1 Å². The van der Waals surface area contributed by atoms with E-state index >= 15 is 0 Å². The normalized spacial score (nSPS) is 14.1. The van der Waals surface area contributed by atoms with Crippen molar-refractivity contribution in [1.29, 1.82) is 0 Å². The molecule has 0 radical (unpaired) electrons. The van der Waals surface area contributed by atoms with Crippen LogP contribution in [0.1, 0.15) is 18.9 Å². The molecule has 1 atom stereocenters. The molecule has 0 aliphatic carbocycles. The highest BCUT2D eigenvalue weighted by Crippen LogP contribution is 2.32. The van der Waals surface area contributed by atoms with Gasteiger partial charge in [-0.15, -0.1) is 0 Å². The third-order valence-corrected chi connectivity index (χ3v) is 3.88. The van der Waals surface area contributed by atoms with Crippen molar-refractivity contribution in [2.75, 3.05) is 6.67 Å².